The third kappa shape index (κ3) is 11.2. The lowest BCUT2D eigenvalue weighted by Crippen LogP contribution is -2.38. The zero-order valence-corrected chi connectivity index (χ0v) is 19.2. The van der Waals surface area contributed by atoms with E-state index >= 15 is 0 Å². The minimum absolute atomic E-state index is 0. The molecule has 0 aromatic heterocycles. The van der Waals surface area contributed by atoms with Crippen molar-refractivity contribution in [2.45, 2.75) is 26.8 Å². The summed E-state index contributed by atoms with van der Waals surface area (Å²) >= 11 is 0. The molecule has 0 amide bonds. The van der Waals surface area contributed by atoms with Crippen LogP contribution in [-0.4, -0.2) is 46.4 Å². The number of nitrogens with one attached hydrogen (secondary N) is 3. The van der Waals surface area contributed by atoms with Gasteiger partial charge in [-0.15, -0.1) is 24.0 Å². The molecule has 0 atom stereocenters. The SMILES string of the molecule is C=CCOc1ccccc1CN=C(NCC)NCCCNS(=O)(=O)CC.I. The highest BCUT2D eigenvalue weighted by Crippen LogP contribution is 2.18. The number of guanidine groups is 1. The van der Waals surface area contributed by atoms with Gasteiger partial charge < -0.3 is 15.4 Å². The number of hydrogen-bond acceptors (Lipinski definition) is 4. The molecule has 0 unspecified atom stereocenters. The Morgan fingerprint density at radius 2 is 1.96 bits per heavy atom. The molecule has 0 radical (unpaired) electrons. The van der Waals surface area contributed by atoms with Crippen molar-refractivity contribution < 1.29 is 13.2 Å². The van der Waals surface area contributed by atoms with Crippen LogP contribution in [0.3, 0.4) is 0 Å². The highest BCUT2D eigenvalue weighted by atomic mass is 127. The minimum atomic E-state index is -3.13. The lowest BCUT2D eigenvalue weighted by Gasteiger charge is -2.13. The van der Waals surface area contributed by atoms with E-state index in [0.717, 1.165) is 17.9 Å². The average molecular weight is 510 g/mol. The Morgan fingerprint density at radius 1 is 1.22 bits per heavy atom. The molecule has 0 spiro atoms. The number of hydrogen-bond donors (Lipinski definition) is 3. The smallest absolute Gasteiger partial charge is 0.211 e. The van der Waals surface area contributed by atoms with Crippen molar-refractivity contribution in [3.05, 3.63) is 42.5 Å². The summed E-state index contributed by atoms with van der Waals surface area (Å²) in [5.74, 6) is 1.57. The number of ether oxygens (including phenoxy) is 1. The summed E-state index contributed by atoms with van der Waals surface area (Å²) in [6.45, 7) is 9.96. The van der Waals surface area contributed by atoms with Gasteiger partial charge in [-0.05, 0) is 26.3 Å². The number of aliphatic imine (C=N–C) groups is 1. The summed E-state index contributed by atoms with van der Waals surface area (Å²) in [7, 11) is -3.13. The third-order valence-corrected chi connectivity index (χ3v) is 4.83. The largest absolute Gasteiger partial charge is 0.489 e. The van der Waals surface area contributed by atoms with Crippen LogP contribution in [0.25, 0.3) is 0 Å². The fourth-order valence-electron chi connectivity index (χ4n) is 2.05. The van der Waals surface area contributed by atoms with E-state index in [1.54, 1.807) is 13.0 Å². The Morgan fingerprint density at radius 3 is 2.63 bits per heavy atom. The van der Waals surface area contributed by atoms with Crippen molar-refractivity contribution in [1.29, 1.82) is 0 Å². The number of halogens is 1. The van der Waals surface area contributed by atoms with E-state index in [1.807, 2.05) is 31.2 Å². The van der Waals surface area contributed by atoms with Crippen LogP contribution in [0.5, 0.6) is 5.75 Å². The molecule has 0 saturated heterocycles. The predicted octanol–water partition coefficient (Wildman–Crippen LogP) is 2.25. The summed E-state index contributed by atoms with van der Waals surface area (Å²) in [5, 5.41) is 6.38. The molecule has 1 aromatic rings. The average Bonchev–Trinajstić information content (AvgIpc) is 2.64. The maximum Gasteiger partial charge on any atom is 0.211 e. The highest BCUT2D eigenvalue weighted by Gasteiger charge is 2.05. The molecule has 7 nitrogen and oxygen atoms in total. The standard InChI is InChI=1S/C18H30N4O3S.HI/c1-4-14-25-17-11-8-7-10-16(17)15-21-18(19-5-2)20-12-9-13-22-26(23,24)6-3;/h4,7-8,10-11,22H,1,5-6,9,12-15H2,2-3H3,(H2,19,20,21);1H. The third-order valence-electron chi connectivity index (χ3n) is 3.43. The maximum atomic E-state index is 11.4. The molecule has 1 aromatic carbocycles. The van der Waals surface area contributed by atoms with Gasteiger partial charge in [-0.1, -0.05) is 30.9 Å². The van der Waals surface area contributed by atoms with Crippen molar-refractivity contribution in [2.24, 2.45) is 4.99 Å². The van der Waals surface area contributed by atoms with Gasteiger partial charge in [0.25, 0.3) is 0 Å². The molecule has 1 rings (SSSR count). The topological polar surface area (TPSA) is 91.8 Å². The lowest BCUT2D eigenvalue weighted by molar-refractivity contribution is 0.359. The first-order valence-electron chi connectivity index (χ1n) is 8.83. The molecule has 0 fully saturated rings. The summed E-state index contributed by atoms with van der Waals surface area (Å²) < 4.78 is 30.9. The molecular formula is C18H31IN4O3S. The van der Waals surface area contributed by atoms with Gasteiger partial charge in [-0.2, -0.15) is 0 Å². The normalized spacial score (nSPS) is 11.4. The monoisotopic (exact) mass is 510 g/mol. The van der Waals surface area contributed by atoms with E-state index in [9.17, 15) is 8.42 Å². The number of sulfonamides is 1. The molecule has 9 heteroatoms. The van der Waals surface area contributed by atoms with Crippen molar-refractivity contribution in [3.8, 4) is 5.75 Å². The Kier molecular flexibility index (Phi) is 14.0. The van der Waals surface area contributed by atoms with Gasteiger partial charge in [-0.25, -0.2) is 18.1 Å². The Bertz CT molecular complexity index is 681. The van der Waals surface area contributed by atoms with Gasteiger partial charge in [0.15, 0.2) is 5.96 Å². The van der Waals surface area contributed by atoms with Gasteiger partial charge in [0.1, 0.15) is 12.4 Å². The summed E-state index contributed by atoms with van der Waals surface area (Å²) in [4.78, 5) is 4.56. The van der Waals surface area contributed by atoms with E-state index in [1.165, 1.54) is 0 Å². The molecule has 154 valence electrons. The van der Waals surface area contributed by atoms with Crippen LogP contribution in [0.2, 0.25) is 0 Å². The van der Waals surface area contributed by atoms with Crippen LogP contribution >= 0.6 is 24.0 Å². The lowest BCUT2D eigenvalue weighted by atomic mass is 10.2. The zero-order valence-electron chi connectivity index (χ0n) is 16.0. The molecule has 27 heavy (non-hydrogen) atoms. The molecule has 0 saturated carbocycles. The molecule has 0 aliphatic carbocycles. The van der Waals surface area contributed by atoms with Crippen LogP contribution in [0.15, 0.2) is 41.9 Å². The Balaban J connectivity index is 0.00000676. The van der Waals surface area contributed by atoms with Crippen LogP contribution < -0.4 is 20.1 Å². The molecular weight excluding hydrogens is 479 g/mol. The van der Waals surface area contributed by atoms with Crippen LogP contribution in [0, 0.1) is 0 Å². The molecule has 3 N–H and O–H groups in total. The number of para-hydroxylation sites is 1. The van der Waals surface area contributed by atoms with E-state index in [2.05, 4.69) is 26.9 Å². The molecule has 0 aliphatic rings. The summed E-state index contributed by atoms with van der Waals surface area (Å²) in [6.07, 6.45) is 2.38. The van der Waals surface area contributed by atoms with Gasteiger partial charge in [0.2, 0.25) is 10.0 Å². The van der Waals surface area contributed by atoms with Crippen molar-refractivity contribution >= 4 is 40.0 Å². The second-order valence-electron chi connectivity index (χ2n) is 5.48. The second-order valence-corrected chi connectivity index (χ2v) is 7.58. The number of nitrogens with zero attached hydrogens (tertiary/aromatic N) is 1. The van der Waals surface area contributed by atoms with Gasteiger partial charge in [-0.3, -0.25) is 0 Å². The molecule has 0 heterocycles. The van der Waals surface area contributed by atoms with Crippen molar-refractivity contribution in [1.82, 2.24) is 15.4 Å². The van der Waals surface area contributed by atoms with Crippen LogP contribution in [0.1, 0.15) is 25.8 Å². The minimum Gasteiger partial charge on any atom is -0.489 e. The molecule has 0 aliphatic heterocycles. The highest BCUT2D eigenvalue weighted by molar-refractivity contribution is 14.0. The van der Waals surface area contributed by atoms with E-state index < -0.39 is 10.0 Å². The Labute approximate surface area is 180 Å². The number of benzene rings is 1. The van der Waals surface area contributed by atoms with Crippen molar-refractivity contribution in [2.75, 3.05) is 32.0 Å². The summed E-state index contributed by atoms with van der Waals surface area (Å²) in [5.41, 5.74) is 0.988. The van der Waals surface area contributed by atoms with E-state index in [-0.39, 0.29) is 29.7 Å². The first kappa shape index (κ1) is 25.7. The van der Waals surface area contributed by atoms with E-state index in [4.69, 9.17) is 4.74 Å². The molecule has 0 bridgehead atoms. The van der Waals surface area contributed by atoms with Gasteiger partial charge in [0.05, 0.1) is 12.3 Å². The Hall–Kier alpha value is -1.33. The van der Waals surface area contributed by atoms with E-state index in [0.29, 0.717) is 38.6 Å². The first-order chi connectivity index (χ1) is 12.5. The maximum absolute atomic E-state index is 11.4. The van der Waals surface area contributed by atoms with Crippen LogP contribution in [0.4, 0.5) is 0 Å². The number of rotatable bonds is 12. The summed E-state index contributed by atoms with van der Waals surface area (Å²) in [6, 6.07) is 7.76. The fourth-order valence-corrected chi connectivity index (χ4v) is 2.71. The zero-order chi connectivity index (χ0) is 19.3. The quantitative estimate of drug-likeness (QED) is 0.132. The first-order valence-corrected chi connectivity index (χ1v) is 10.5. The van der Waals surface area contributed by atoms with Gasteiger partial charge >= 0.3 is 0 Å². The predicted molar refractivity (Wildman–Crippen MR) is 122 cm³/mol. The van der Waals surface area contributed by atoms with Crippen molar-refractivity contribution in [3.63, 3.8) is 0 Å². The van der Waals surface area contributed by atoms with Gasteiger partial charge in [0, 0.05) is 25.2 Å². The fraction of sp³-hybridized carbons (Fsp3) is 0.500. The second kappa shape index (κ2) is 14.7. The van der Waals surface area contributed by atoms with Crippen LogP contribution in [-0.2, 0) is 16.6 Å².